The first-order valence-electron chi connectivity index (χ1n) is 12.2. The zero-order valence-electron chi connectivity index (χ0n) is 21.6. The maximum absolute atomic E-state index is 12.8. The number of alkyl carbamates (subject to hydrolysis) is 1. The van der Waals surface area contributed by atoms with Gasteiger partial charge in [0.2, 0.25) is 5.91 Å². The van der Waals surface area contributed by atoms with Crippen molar-refractivity contribution >= 4 is 23.8 Å². The van der Waals surface area contributed by atoms with Crippen LogP contribution >= 0.6 is 0 Å². The lowest BCUT2D eigenvalue weighted by molar-refractivity contribution is -0.155. The minimum atomic E-state index is -1.25. The predicted octanol–water partition coefficient (Wildman–Crippen LogP) is 3.08. The summed E-state index contributed by atoms with van der Waals surface area (Å²) < 4.78 is 10.5. The van der Waals surface area contributed by atoms with Crippen molar-refractivity contribution in [1.29, 1.82) is 0 Å². The Morgan fingerprint density at radius 1 is 0.892 bits per heavy atom. The number of nitrogens with one attached hydrogen (secondary N) is 2. The lowest BCUT2D eigenvalue weighted by Gasteiger charge is -2.21. The van der Waals surface area contributed by atoms with Gasteiger partial charge in [-0.2, -0.15) is 0 Å². The number of rotatable bonds is 13. The van der Waals surface area contributed by atoms with Crippen LogP contribution in [0.25, 0.3) is 0 Å². The number of hydrogen-bond acceptors (Lipinski definition) is 7. The number of hydrogen-bond donors (Lipinski definition) is 3. The van der Waals surface area contributed by atoms with Crippen LogP contribution in [0.15, 0.2) is 60.7 Å². The maximum atomic E-state index is 12.8. The minimum absolute atomic E-state index is 0.000823. The highest BCUT2D eigenvalue weighted by Gasteiger charge is 2.26. The van der Waals surface area contributed by atoms with E-state index < -0.39 is 48.0 Å². The van der Waals surface area contributed by atoms with Gasteiger partial charge >= 0.3 is 12.1 Å². The highest BCUT2D eigenvalue weighted by molar-refractivity contribution is 5.91. The summed E-state index contributed by atoms with van der Waals surface area (Å²) in [5.74, 6) is -1.76. The second-order valence-electron chi connectivity index (χ2n) is 9.61. The van der Waals surface area contributed by atoms with Crippen molar-refractivity contribution in [3.8, 4) is 0 Å². The van der Waals surface area contributed by atoms with E-state index in [1.165, 1.54) is 0 Å². The topological polar surface area (TPSA) is 131 Å². The lowest BCUT2D eigenvalue weighted by Crippen LogP contribution is -2.49. The van der Waals surface area contributed by atoms with Gasteiger partial charge in [-0.15, -0.1) is 0 Å². The van der Waals surface area contributed by atoms with Crippen LogP contribution in [0.1, 0.15) is 51.2 Å². The smallest absolute Gasteiger partial charge is 0.408 e. The van der Waals surface area contributed by atoms with Gasteiger partial charge in [0.25, 0.3) is 0 Å². The van der Waals surface area contributed by atoms with Crippen LogP contribution in [0.5, 0.6) is 0 Å². The van der Waals surface area contributed by atoms with Crippen LogP contribution in [0.4, 0.5) is 4.79 Å². The molecule has 0 aliphatic carbocycles. The average molecular weight is 513 g/mol. The molecule has 2 aromatic carbocycles. The van der Waals surface area contributed by atoms with E-state index in [-0.39, 0.29) is 25.9 Å². The summed E-state index contributed by atoms with van der Waals surface area (Å²) in [5, 5.41) is 15.1. The number of carbonyl (C=O) groups excluding carboxylic acids is 4. The summed E-state index contributed by atoms with van der Waals surface area (Å²) in [5.41, 5.74) is 1.06. The molecular weight excluding hydrogens is 476 g/mol. The Labute approximate surface area is 217 Å². The number of benzene rings is 2. The molecule has 0 aliphatic heterocycles. The molecule has 0 fully saturated rings. The third-order valence-corrected chi connectivity index (χ3v) is 5.24. The van der Waals surface area contributed by atoms with Gasteiger partial charge in [-0.3, -0.25) is 14.4 Å². The minimum Gasteiger partial charge on any atom is -0.460 e. The third-order valence-electron chi connectivity index (χ3n) is 5.24. The Bertz CT molecular complexity index is 1020. The quantitative estimate of drug-likeness (QED) is 0.352. The number of amides is 2. The second-order valence-corrected chi connectivity index (χ2v) is 9.61. The van der Waals surface area contributed by atoms with Gasteiger partial charge in [-0.05, 0) is 51.2 Å². The molecule has 0 aromatic heterocycles. The highest BCUT2D eigenvalue weighted by atomic mass is 16.6. The molecule has 2 aromatic rings. The Hall–Kier alpha value is -3.72. The Kier molecular flexibility index (Phi) is 11.8. The molecule has 0 radical (unpaired) electrons. The van der Waals surface area contributed by atoms with Gasteiger partial charge in [0.15, 0.2) is 5.78 Å². The van der Waals surface area contributed by atoms with Gasteiger partial charge in [-0.25, -0.2) is 4.79 Å². The number of aliphatic hydroxyl groups is 1. The Morgan fingerprint density at radius 3 is 2.08 bits per heavy atom. The predicted molar refractivity (Wildman–Crippen MR) is 137 cm³/mol. The number of aliphatic hydroxyl groups excluding tert-OH is 1. The van der Waals surface area contributed by atoms with E-state index in [0.29, 0.717) is 6.42 Å². The molecule has 1 unspecified atom stereocenters. The van der Waals surface area contributed by atoms with E-state index in [2.05, 4.69) is 10.6 Å². The molecule has 0 saturated heterocycles. The maximum Gasteiger partial charge on any atom is 0.408 e. The van der Waals surface area contributed by atoms with Crippen molar-refractivity contribution in [2.45, 2.75) is 70.8 Å². The number of aryl methyl sites for hydroxylation is 1. The van der Waals surface area contributed by atoms with Crippen molar-refractivity contribution < 1.29 is 33.8 Å². The Morgan fingerprint density at radius 2 is 1.49 bits per heavy atom. The molecule has 0 spiro atoms. The van der Waals surface area contributed by atoms with Crippen molar-refractivity contribution in [2.75, 3.05) is 6.54 Å². The van der Waals surface area contributed by atoms with Crippen molar-refractivity contribution in [3.63, 3.8) is 0 Å². The molecule has 37 heavy (non-hydrogen) atoms. The van der Waals surface area contributed by atoms with E-state index in [4.69, 9.17) is 9.47 Å². The molecule has 0 saturated carbocycles. The fourth-order valence-corrected chi connectivity index (χ4v) is 3.35. The first-order valence-corrected chi connectivity index (χ1v) is 12.2. The Balaban J connectivity index is 1.90. The van der Waals surface area contributed by atoms with Crippen LogP contribution < -0.4 is 10.6 Å². The van der Waals surface area contributed by atoms with Gasteiger partial charge in [0, 0.05) is 6.42 Å². The second kappa shape index (κ2) is 14.7. The molecule has 9 nitrogen and oxygen atoms in total. The summed E-state index contributed by atoms with van der Waals surface area (Å²) in [4.78, 5) is 49.6. The normalized spacial score (nSPS) is 12.6. The van der Waals surface area contributed by atoms with Gasteiger partial charge < -0.3 is 25.2 Å². The molecule has 3 N–H and O–H groups in total. The number of carbonyl (C=O) groups is 4. The largest absolute Gasteiger partial charge is 0.460 e. The standard InChI is InChI=1S/C28H36N2O7/c1-28(2,3)37-25(33)17-15-22(30-27(35)36-19-21-12-8-5-9-13-21)26(34)29-18-24(32)23(31)16-14-20-10-6-4-7-11-20/h4-13,22-23,31H,14-19H2,1-3H3,(H,29,34)(H,30,35)/t22-,23?/m0/s1. The van der Waals surface area contributed by atoms with Crippen LogP contribution in [0.2, 0.25) is 0 Å². The summed E-state index contributed by atoms with van der Waals surface area (Å²) in [6.45, 7) is 4.76. The first kappa shape index (κ1) is 29.5. The summed E-state index contributed by atoms with van der Waals surface area (Å²) in [7, 11) is 0. The number of esters is 1. The fraction of sp³-hybridized carbons (Fsp3) is 0.429. The molecular formula is C28H36N2O7. The SMILES string of the molecule is CC(C)(C)OC(=O)CC[C@H](NC(=O)OCc1ccccc1)C(=O)NCC(=O)C(O)CCc1ccccc1. The molecule has 2 amide bonds. The van der Waals surface area contributed by atoms with E-state index in [1.54, 1.807) is 45.0 Å². The zero-order valence-corrected chi connectivity index (χ0v) is 21.6. The van der Waals surface area contributed by atoms with Gasteiger partial charge in [-0.1, -0.05) is 60.7 Å². The van der Waals surface area contributed by atoms with Crippen LogP contribution in [0, 0.1) is 0 Å². The van der Waals surface area contributed by atoms with Crippen LogP contribution in [-0.4, -0.2) is 53.2 Å². The lowest BCUT2D eigenvalue weighted by atomic mass is 10.0. The fourth-order valence-electron chi connectivity index (χ4n) is 3.35. The van der Waals surface area contributed by atoms with Crippen molar-refractivity contribution in [3.05, 3.63) is 71.8 Å². The number of Topliss-reactive ketones (excluding diaryl/α,β-unsaturated/α-hetero) is 1. The number of ketones is 1. The molecule has 0 aliphatic rings. The highest BCUT2D eigenvalue weighted by Crippen LogP contribution is 2.11. The number of ether oxygens (including phenoxy) is 2. The molecule has 200 valence electrons. The van der Waals surface area contributed by atoms with Crippen molar-refractivity contribution in [1.82, 2.24) is 10.6 Å². The molecule has 2 rings (SSSR count). The average Bonchev–Trinajstić information content (AvgIpc) is 2.87. The summed E-state index contributed by atoms with van der Waals surface area (Å²) in [6, 6.07) is 17.3. The molecule has 9 heteroatoms. The zero-order chi connectivity index (χ0) is 27.3. The van der Waals surface area contributed by atoms with E-state index in [0.717, 1.165) is 11.1 Å². The monoisotopic (exact) mass is 512 g/mol. The van der Waals surface area contributed by atoms with E-state index in [1.807, 2.05) is 36.4 Å². The summed E-state index contributed by atoms with van der Waals surface area (Å²) >= 11 is 0. The van der Waals surface area contributed by atoms with Crippen molar-refractivity contribution in [2.24, 2.45) is 0 Å². The van der Waals surface area contributed by atoms with Crippen LogP contribution in [0.3, 0.4) is 0 Å². The van der Waals surface area contributed by atoms with E-state index >= 15 is 0 Å². The van der Waals surface area contributed by atoms with Gasteiger partial charge in [0.05, 0.1) is 6.54 Å². The molecule has 0 heterocycles. The molecule has 0 bridgehead atoms. The first-order chi connectivity index (χ1) is 17.5. The van der Waals surface area contributed by atoms with E-state index in [9.17, 15) is 24.3 Å². The van der Waals surface area contributed by atoms with Gasteiger partial charge in [0.1, 0.15) is 24.4 Å². The summed E-state index contributed by atoms with van der Waals surface area (Å²) in [6.07, 6.45) is -1.57. The third kappa shape index (κ3) is 12.2. The van der Waals surface area contributed by atoms with Crippen LogP contribution in [-0.2, 0) is 36.9 Å². The molecule has 2 atom stereocenters.